The average molecular weight is 433 g/mol. The van der Waals surface area contributed by atoms with Crippen molar-refractivity contribution in [1.29, 1.82) is 0 Å². The molecule has 3 aromatic rings. The fourth-order valence-corrected chi connectivity index (χ4v) is 3.89. The normalized spacial score (nSPS) is 16.2. The van der Waals surface area contributed by atoms with Gasteiger partial charge in [0.25, 0.3) is 6.43 Å². The topological polar surface area (TPSA) is 53.9 Å². The van der Waals surface area contributed by atoms with Gasteiger partial charge in [0.1, 0.15) is 12.0 Å². The third kappa shape index (κ3) is 4.26. The molecule has 4 rings (SSSR count). The lowest BCUT2D eigenvalue weighted by Crippen LogP contribution is -2.34. The van der Waals surface area contributed by atoms with E-state index in [1.54, 1.807) is 20.0 Å². The summed E-state index contributed by atoms with van der Waals surface area (Å²) in [5.74, 6) is -0.556. The van der Waals surface area contributed by atoms with Crippen molar-refractivity contribution in [3.8, 4) is 0 Å². The van der Waals surface area contributed by atoms with Crippen molar-refractivity contribution in [2.45, 2.75) is 45.3 Å². The number of hydrogen-bond donors (Lipinski definition) is 1. The summed E-state index contributed by atoms with van der Waals surface area (Å²) < 4.78 is 54.3. The van der Waals surface area contributed by atoms with Crippen molar-refractivity contribution in [3.05, 3.63) is 53.1 Å². The van der Waals surface area contributed by atoms with E-state index in [9.17, 15) is 17.6 Å². The van der Waals surface area contributed by atoms with Crippen LogP contribution in [0.25, 0.3) is 10.9 Å². The number of halogens is 4. The van der Waals surface area contributed by atoms with Crippen LogP contribution in [0.15, 0.2) is 30.5 Å². The number of rotatable bonds is 5. The minimum atomic E-state index is -2.90. The van der Waals surface area contributed by atoms with Gasteiger partial charge in [-0.05, 0) is 32.8 Å². The Morgan fingerprint density at radius 2 is 1.84 bits per heavy atom. The van der Waals surface area contributed by atoms with Crippen molar-refractivity contribution in [3.63, 3.8) is 0 Å². The summed E-state index contributed by atoms with van der Waals surface area (Å²) in [6.07, 6.45) is -1.02. The Balaban J connectivity index is 1.68. The standard InChI is InChI=1S/C22H23F4N5/c1-12(16-4-3-5-17(19(16)24)21(25)26)28-22-18-10-15(31-8-6-14(23)7-9-31)11-27-20(18)13(2)29-30-22/h3-5,10-12,14,21H,6-9H2,1-2H3,(H,28,30). The minimum absolute atomic E-state index is 0.113. The number of pyridine rings is 1. The summed E-state index contributed by atoms with van der Waals surface area (Å²) in [7, 11) is 0. The van der Waals surface area contributed by atoms with E-state index in [-0.39, 0.29) is 5.56 Å². The minimum Gasteiger partial charge on any atom is -0.370 e. The summed E-state index contributed by atoms with van der Waals surface area (Å²) in [6, 6.07) is 5.22. The van der Waals surface area contributed by atoms with Crippen LogP contribution < -0.4 is 10.2 Å². The number of anilines is 2. The first-order chi connectivity index (χ1) is 14.8. The zero-order chi connectivity index (χ0) is 22.1. The lowest BCUT2D eigenvalue weighted by molar-refractivity contribution is 0.146. The number of fused-ring (bicyclic) bond motifs is 1. The Kier molecular flexibility index (Phi) is 5.93. The highest BCUT2D eigenvalue weighted by Crippen LogP contribution is 2.32. The molecule has 0 spiro atoms. The molecule has 164 valence electrons. The molecule has 1 unspecified atom stereocenters. The number of piperidine rings is 1. The summed E-state index contributed by atoms with van der Waals surface area (Å²) in [4.78, 5) is 6.59. The van der Waals surface area contributed by atoms with Crippen LogP contribution in [-0.4, -0.2) is 34.4 Å². The quantitative estimate of drug-likeness (QED) is 0.537. The molecule has 3 heterocycles. The number of aromatic nitrogens is 3. The molecule has 1 aliphatic heterocycles. The molecule has 1 saturated heterocycles. The second kappa shape index (κ2) is 8.64. The average Bonchev–Trinajstić information content (AvgIpc) is 2.76. The Bertz CT molecular complexity index is 1080. The largest absolute Gasteiger partial charge is 0.370 e. The van der Waals surface area contributed by atoms with Gasteiger partial charge in [0.05, 0.1) is 34.7 Å². The van der Waals surface area contributed by atoms with E-state index < -0.39 is 30.0 Å². The molecule has 0 aliphatic carbocycles. The van der Waals surface area contributed by atoms with E-state index in [1.165, 1.54) is 12.1 Å². The Labute approximate surface area is 177 Å². The molecular weight excluding hydrogens is 410 g/mol. The molecule has 1 N–H and O–H groups in total. The zero-order valence-corrected chi connectivity index (χ0v) is 17.2. The van der Waals surface area contributed by atoms with Gasteiger partial charge in [-0.3, -0.25) is 4.98 Å². The van der Waals surface area contributed by atoms with Gasteiger partial charge in [0.2, 0.25) is 0 Å². The van der Waals surface area contributed by atoms with E-state index in [0.717, 1.165) is 11.8 Å². The van der Waals surface area contributed by atoms with Gasteiger partial charge in [-0.15, -0.1) is 5.10 Å². The first-order valence-corrected chi connectivity index (χ1v) is 10.2. The van der Waals surface area contributed by atoms with Crippen molar-refractivity contribution in [2.75, 3.05) is 23.3 Å². The molecule has 1 atom stereocenters. The molecule has 1 aromatic carbocycles. The number of benzene rings is 1. The summed E-state index contributed by atoms with van der Waals surface area (Å²) in [6.45, 7) is 4.65. The predicted molar refractivity (Wildman–Crippen MR) is 112 cm³/mol. The lowest BCUT2D eigenvalue weighted by Gasteiger charge is -2.30. The summed E-state index contributed by atoms with van der Waals surface area (Å²) in [5.41, 5.74) is 1.59. The number of nitrogens with one attached hydrogen (secondary N) is 1. The molecule has 2 aromatic heterocycles. The Hall–Kier alpha value is -2.97. The van der Waals surface area contributed by atoms with Crippen molar-refractivity contribution in [2.24, 2.45) is 0 Å². The monoisotopic (exact) mass is 433 g/mol. The second-order valence-corrected chi connectivity index (χ2v) is 7.80. The van der Waals surface area contributed by atoms with Gasteiger partial charge >= 0.3 is 0 Å². The maximum atomic E-state index is 14.6. The van der Waals surface area contributed by atoms with Gasteiger partial charge in [-0.2, -0.15) is 5.10 Å². The van der Waals surface area contributed by atoms with Crippen LogP contribution in [0, 0.1) is 12.7 Å². The smallest absolute Gasteiger partial charge is 0.266 e. The number of nitrogens with zero attached hydrogens (tertiary/aromatic N) is 4. The summed E-state index contributed by atoms with van der Waals surface area (Å²) >= 11 is 0. The van der Waals surface area contributed by atoms with Crippen molar-refractivity contribution >= 4 is 22.4 Å². The SMILES string of the molecule is Cc1nnc(NC(C)c2cccc(C(F)F)c2F)c2cc(N3CCC(F)CC3)cnc12. The second-order valence-electron chi connectivity index (χ2n) is 7.80. The molecule has 5 nitrogen and oxygen atoms in total. The molecule has 0 bridgehead atoms. The van der Waals surface area contributed by atoms with Crippen LogP contribution in [0.1, 0.15) is 49.1 Å². The van der Waals surface area contributed by atoms with Crippen molar-refractivity contribution in [1.82, 2.24) is 15.2 Å². The van der Waals surface area contributed by atoms with Crippen LogP contribution in [0.4, 0.5) is 29.1 Å². The number of alkyl halides is 3. The molecule has 31 heavy (non-hydrogen) atoms. The van der Waals surface area contributed by atoms with Crippen molar-refractivity contribution < 1.29 is 17.6 Å². The fraction of sp³-hybridized carbons (Fsp3) is 0.409. The Morgan fingerprint density at radius 1 is 1.13 bits per heavy atom. The lowest BCUT2D eigenvalue weighted by atomic mass is 10.0. The molecule has 0 radical (unpaired) electrons. The molecular formula is C22H23F4N5. The van der Waals surface area contributed by atoms with E-state index >= 15 is 0 Å². The van der Waals surface area contributed by atoms with Gasteiger partial charge in [-0.1, -0.05) is 18.2 Å². The highest BCUT2D eigenvalue weighted by Gasteiger charge is 2.22. The van der Waals surface area contributed by atoms with E-state index in [4.69, 9.17) is 0 Å². The van der Waals surface area contributed by atoms with Gasteiger partial charge in [-0.25, -0.2) is 17.6 Å². The highest BCUT2D eigenvalue weighted by atomic mass is 19.3. The van der Waals surface area contributed by atoms with Crippen LogP contribution in [-0.2, 0) is 0 Å². The zero-order valence-electron chi connectivity index (χ0n) is 17.2. The van der Waals surface area contributed by atoms with Gasteiger partial charge < -0.3 is 10.2 Å². The summed E-state index contributed by atoms with van der Waals surface area (Å²) in [5, 5.41) is 12.1. The van der Waals surface area contributed by atoms with E-state index in [0.29, 0.717) is 48.3 Å². The highest BCUT2D eigenvalue weighted by molar-refractivity contribution is 5.92. The van der Waals surface area contributed by atoms with Gasteiger partial charge in [0.15, 0.2) is 5.82 Å². The molecule has 1 aliphatic rings. The third-order valence-corrected chi connectivity index (χ3v) is 5.67. The van der Waals surface area contributed by atoms with E-state index in [2.05, 4.69) is 25.4 Å². The molecule has 9 heteroatoms. The number of aryl methyl sites for hydroxylation is 1. The number of hydrogen-bond acceptors (Lipinski definition) is 5. The third-order valence-electron chi connectivity index (χ3n) is 5.67. The first-order valence-electron chi connectivity index (χ1n) is 10.2. The van der Waals surface area contributed by atoms with E-state index in [1.807, 2.05) is 6.07 Å². The maximum absolute atomic E-state index is 14.6. The fourth-order valence-electron chi connectivity index (χ4n) is 3.89. The maximum Gasteiger partial charge on any atom is 0.266 e. The Morgan fingerprint density at radius 3 is 2.55 bits per heavy atom. The molecule has 1 fully saturated rings. The predicted octanol–water partition coefficient (Wildman–Crippen LogP) is 5.52. The van der Waals surface area contributed by atoms with Crippen LogP contribution in [0.5, 0.6) is 0 Å². The van der Waals surface area contributed by atoms with Crippen LogP contribution in [0.3, 0.4) is 0 Å². The molecule has 0 amide bonds. The van der Waals surface area contributed by atoms with Crippen LogP contribution in [0.2, 0.25) is 0 Å². The molecule has 0 saturated carbocycles. The first kappa shape index (κ1) is 21.3. The van der Waals surface area contributed by atoms with Crippen LogP contribution >= 0.6 is 0 Å². The van der Waals surface area contributed by atoms with Gasteiger partial charge in [0, 0.05) is 24.0 Å².